The molecule has 2 aromatic carbocycles. The first-order valence-corrected chi connectivity index (χ1v) is 5.88. The number of nitriles is 1. The average Bonchev–Trinajstić information content (AvgIpc) is 2.86. The molecule has 0 saturated heterocycles. The largest absolute Gasteiger partial charge is 0.442 e. The lowest BCUT2D eigenvalue weighted by molar-refractivity contribution is -0.400. The number of rotatable bonds is 2. The van der Waals surface area contributed by atoms with Crippen molar-refractivity contribution in [3.63, 3.8) is 0 Å². The van der Waals surface area contributed by atoms with Gasteiger partial charge in [-0.25, -0.2) is 0 Å². The summed E-state index contributed by atoms with van der Waals surface area (Å²) in [5.74, 6) is -0.339. The zero-order valence-electron chi connectivity index (χ0n) is 10.2. The van der Waals surface area contributed by atoms with Gasteiger partial charge in [0.15, 0.2) is 0 Å². The summed E-state index contributed by atoms with van der Waals surface area (Å²) in [6.45, 7) is 0. The van der Waals surface area contributed by atoms with Crippen molar-refractivity contribution in [1.29, 1.82) is 5.26 Å². The zero-order valence-corrected chi connectivity index (χ0v) is 10.2. The number of benzene rings is 2. The van der Waals surface area contributed by atoms with Gasteiger partial charge in [0.25, 0.3) is 0 Å². The van der Waals surface area contributed by atoms with Gasteiger partial charge in [0.2, 0.25) is 0 Å². The lowest BCUT2D eigenvalue weighted by Crippen LogP contribution is -1.90. The van der Waals surface area contributed by atoms with Crippen molar-refractivity contribution < 1.29 is 9.34 Å². The number of nitro groups is 1. The Hall–Kier alpha value is -3.13. The molecule has 1 aromatic heterocycles. The van der Waals surface area contributed by atoms with E-state index in [9.17, 15) is 10.1 Å². The summed E-state index contributed by atoms with van der Waals surface area (Å²) in [7, 11) is 0. The third-order valence-corrected chi connectivity index (χ3v) is 3.06. The number of fused-ring (bicyclic) bond motifs is 1. The number of para-hydroxylation sites is 1. The maximum Gasteiger partial charge on any atom is 0.442 e. The number of hydrogen-bond donors (Lipinski definition) is 0. The average molecular weight is 264 g/mol. The highest BCUT2D eigenvalue weighted by molar-refractivity contribution is 5.99. The Labute approximate surface area is 113 Å². The van der Waals surface area contributed by atoms with Crippen LogP contribution >= 0.6 is 0 Å². The molecule has 0 aliphatic rings. The minimum atomic E-state index is -0.566. The molecule has 0 atom stereocenters. The van der Waals surface area contributed by atoms with Crippen molar-refractivity contribution >= 4 is 16.9 Å². The zero-order chi connectivity index (χ0) is 14.1. The van der Waals surface area contributed by atoms with Gasteiger partial charge in [-0.15, -0.1) is 0 Å². The molecule has 0 amide bonds. The Morgan fingerprint density at radius 1 is 1.10 bits per heavy atom. The van der Waals surface area contributed by atoms with Gasteiger partial charge in [-0.3, -0.25) is 10.1 Å². The molecule has 0 radical (unpaired) electrons. The Morgan fingerprint density at radius 2 is 1.80 bits per heavy atom. The van der Waals surface area contributed by atoms with E-state index in [1.165, 1.54) is 0 Å². The molecule has 0 aliphatic carbocycles. The highest BCUT2D eigenvalue weighted by Gasteiger charge is 2.26. The summed E-state index contributed by atoms with van der Waals surface area (Å²) in [5, 5.41) is 21.0. The monoisotopic (exact) mass is 264 g/mol. The van der Waals surface area contributed by atoms with Crippen LogP contribution in [0.5, 0.6) is 0 Å². The van der Waals surface area contributed by atoms with Gasteiger partial charge < -0.3 is 4.42 Å². The summed E-state index contributed by atoms with van der Waals surface area (Å²) in [4.78, 5) is 10.6. The molecule has 3 rings (SSSR count). The van der Waals surface area contributed by atoms with Crippen LogP contribution in [-0.4, -0.2) is 4.92 Å². The molecule has 0 fully saturated rings. The Kier molecular flexibility index (Phi) is 2.70. The Morgan fingerprint density at radius 3 is 2.55 bits per heavy atom. The predicted octanol–water partition coefficient (Wildman–Crippen LogP) is 3.88. The van der Waals surface area contributed by atoms with Crippen LogP contribution in [0.1, 0.15) is 5.56 Å². The lowest BCUT2D eigenvalue weighted by Gasteiger charge is -2.00. The second-order valence-corrected chi connectivity index (χ2v) is 4.19. The van der Waals surface area contributed by atoms with Crippen LogP contribution < -0.4 is 0 Å². The predicted molar refractivity (Wildman–Crippen MR) is 73.0 cm³/mol. The standard InChI is InChI=1S/C15H8N2O3/c16-9-10-5-1-2-6-11(10)14-12-7-3-4-8-13(12)20-15(14)17(18)19/h1-8H. The lowest BCUT2D eigenvalue weighted by atomic mass is 9.99. The summed E-state index contributed by atoms with van der Waals surface area (Å²) in [6.07, 6.45) is 0. The van der Waals surface area contributed by atoms with Gasteiger partial charge in [-0.05, 0) is 12.1 Å². The third kappa shape index (κ3) is 1.71. The smallest absolute Gasteiger partial charge is 0.400 e. The van der Waals surface area contributed by atoms with E-state index in [4.69, 9.17) is 9.68 Å². The summed E-state index contributed by atoms with van der Waals surface area (Å²) in [6, 6.07) is 15.8. The van der Waals surface area contributed by atoms with Crippen molar-refractivity contribution in [2.45, 2.75) is 0 Å². The minimum absolute atomic E-state index is 0.339. The summed E-state index contributed by atoms with van der Waals surface area (Å²) < 4.78 is 5.31. The van der Waals surface area contributed by atoms with Gasteiger partial charge in [-0.2, -0.15) is 5.26 Å². The normalized spacial score (nSPS) is 10.3. The molecule has 0 unspecified atom stereocenters. The number of nitrogens with zero attached hydrogens (tertiary/aromatic N) is 2. The highest BCUT2D eigenvalue weighted by atomic mass is 16.6. The van der Waals surface area contributed by atoms with E-state index in [-0.39, 0.29) is 5.88 Å². The molecule has 96 valence electrons. The highest BCUT2D eigenvalue weighted by Crippen LogP contribution is 2.40. The second-order valence-electron chi connectivity index (χ2n) is 4.19. The number of hydrogen-bond acceptors (Lipinski definition) is 4. The van der Waals surface area contributed by atoms with E-state index < -0.39 is 4.92 Å². The number of furan rings is 1. The first-order chi connectivity index (χ1) is 9.72. The maximum absolute atomic E-state index is 11.2. The molecular formula is C15H8N2O3. The molecule has 0 bridgehead atoms. The van der Waals surface area contributed by atoms with Crippen LogP contribution in [0, 0.1) is 21.4 Å². The van der Waals surface area contributed by atoms with Crippen LogP contribution in [0.4, 0.5) is 5.88 Å². The summed E-state index contributed by atoms with van der Waals surface area (Å²) in [5.41, 5.74) is 1.67. The quantitative estimate of drug-likeness (QED) is 0.519. The molecule has 20 heavy (non-hydrogen) atoms. The van der Waals surface area contributed by atoms with E-state index >= 15 is 0 Å². The Balaban J connectivity index is 2.43. The van der Waals surface area contributed by atoms with Crippen molar-refractivity contribution in [1.82, 2.24) is 0 Å². The molecule has 0 saturated carbocycles. The fraction of sp³-hybridized carbons (Fsp3) is 0. The molecule has 1 heterocycles. The molecule has 0 N–H and O–H groups in total. The van der Waals surface area contributed by atoms with E-state index in [1.54, 1.807) is 48.5 Å². The third-order valence-electron chi connectivity index (χ3n) is 3.06. The Bertz CT molecular complexity index is 859. The van der Waals surface area contributed by atoms with E-state index in [0.717, 1.165) is 0 Å². The molecule has 0 spiro atoms. The first kappa shape index (κ1) is 11.9. The summed E-state index contributed by atoms with van der Waals surface area (Å²) >= 11 is 0. The van der Waals surface area contributed by atoms with Gasteiger partial charge in [0, 0.05) is 10.9 Å². The van der Waals surface area contributed by atoms with Crippen molar-refractivity contribution in [3.8, 4) is 17.2 Å². The SMILES string of the molecule is N#Cc1ccccc1-c1c([N+](=O)[O-])oc2ccccc12. The van der Waals surface area contributed by atoms with E-state index in [0.29, 0.717) is 27.7 Å². The second kappa shape index (κ2) is 4.52. The van der Waals surface area contributed by atoms with Crippen LogP contribution in [-0.2, 0) is 0 Å². The van der Waals surface area contributed by atoms with Crippen LogP contribution in [0.25, 0.3) is 22.1 Å². The van der Waals surface area contributed by atoms with Crippen molar-refractivity contribution in [2.24, 2.45) is 0 Å². The van der Waals surface area contributed by atoms with Gasteiger partial charge in [0.1, 0.15) is 16.1 Å². The van der Waals surface area contributed by atoms with Crippen molar-refractivity contribution in [2.75, 3.05) is 0 Å². The van der Waals surface area contributed by atoms with Crippen LogP contribution in [0.3, 0.4) is 0 Å². The van der Waals surface area contributed by atoms with Gasteiger partial charge in [-0.1, -0.05) is 36.4 Å². The van der Waals surface area contributed by atoms with Crippen LogP contribution in [0.15, 0.2) is 52.9 Å². The van der Waals surface area contributed by atoms with Gasteiger partial charge in [0.05, 0.1) is 11.6 Å². The maximum atomic E-state index is 11.2. The first-order valence-electron chi connectivity index (χ1n) is 5.88. The molecule has 0 aliphatic heterocycles. The molecular weight excluding hydrogens is 256 g/mol. The fourth-order valence-corrected chi connectivity index (χ4v) is 2.22. The van der Waals surface area contributed by atoms with Crippen molar-refractivity contribution in [3.05, 3.63) is 64.2 Å². The van der Waals surface area contributed by atoms with Gasteiger partial charge >= 0.3 is 5.88 Å². The molecule has 3 aromatic rings. The van der Waals surface area contributed by atoms with E-state index in [2.05, 4.69) is 6.07 Å². The minimum Gasteiger partial charge on any atom is -0.400 e. The molecule has 5 nitrogen and oxygen atoms in total. The van der Waals surface area contributed by atoms with Crippen LogP contribution in [0.2, 0.25) is 0 Å². The fourth-order valence-electron chi connectivity index (χ4n) is 2.22. The topological polar surface area (TPSA) is 80.1 Å². The molecule has 5 heteroatoms. The van der Waals surface area contributed by atoms with E-state index in [1.807, 2.05) is 0 Å².